The van der Waals surface area contributed by atoms with Gasteiger partial charge in [-0.25, -0.2) is 4.98 Å². The number of rotatable bonds is 1. The molecule has 18 heavy (non-hydrogen) atoms. The lowest BCUT2D eigenvalue weighted by molar-refractivity contribution is 0.111. The van der Waals surface area contributed by atoms with Crippen LogP contribution in [0, 0.1) is 4.77 Å². The zero-order valence-corrected chi connectivity index (χ0v) is 12.2. The van der Waals surface area contributed by atoms with E-state index in [0.717, 1.165) is 46.1 Å². The van der Waals surface area contributed by atoms with Gasteiger partial charge in [0.1, 0.15) is 0 Å². The van der Waals surface area contributed by atoms with Gasteiger partial charge in [-0.2, -0.15) is 0 Å². The van der Waals surface area contributed by atoms with Gasteiger partial charge in [0, 0.05) is 16.7 Å². The summed E-state index contributed by atoms with van der Waals surface area (Å²) < 4.78 is 3.76. The van der Waals surface area contributed by atoms with E-state index in [1.54, 1.807) is 6.20 Å². The first-order valence-corrected chi connectivity index (χ1v) is 7.29. The fraction of sp³-hybridized carbons (Fsp3) is 0.500. The van der Waals surface area contributed by atoms with Crippen molar-refractivity contribution >= 4 is 39.3 Å². The highest BCUT2D eigenvalue weighted by Gasteiger charge is 2.23. The lowest BCUT2D eigenvalue weighted by Gasteiger charge is -2.26. The summed E-state index contributed by atoms with van der Waals surface area (Å²) in [6, 6.07) is 2.34. The number of hydrogen-bond acceptors (Lipinski definition) is 3. The van der Waals surface area contributed by atoms with Crippen LogP contribution >= 0.6 is 28.1 Å². The Hall–Kier alpha value is -0.720. The maximum Gasteiger partial charge on any atom is 0.179 e. The normalized spacial score (nSPS) is 24.6. The Morgan fingerprint density at radius 2 is 2.11 bits per heavy atom. The molecule has 0 saturated heterocycles. The largest absolute Gasteiger partial charge is 0.393 e. The molecule has 0 aliphatic heterocycles. The third-order valence-corrected chi connectivity index (χ3v) is 4.29. The maximum atomic E-state index is 9.58. The first kappa shape index (κ1) is 12.3. The van der Waals surface area contributed by atoms with Crippen LogP contribution in [0.1, 0.15) is 31.7 Å². The molecule has 0 bridgehead atoms. The average Bonchev–Trinajstić information content (AvgIpc) is 2.65. The number of nitrogens with zero attached hydrogens (tertiary/aromatic N) is 2. The van der Waals surface area contributed by atoms with Crippen molar-refractivity contribution in [1.82, 2.24) is 14.5 Å². The molecule has 96 valence electrons. The Kier molecular flexibility index (Phi) is 3.25. The third kappa shape index (κ3) is 2.13. The van der Waals surface area contributed by atoms with Crippen LogP contribution in [-0.2, 0) is 0 Å². The van der Waals surface area contributed by atoms with Gasteiger partial charge in [-0.3, -0.25) is 4.57 Å². The monoisotopic (exact) mass is 327 g/mol. The number of aromatic nitrogens is 3. The van der Waals surface area contributed by atoms with Crippen molar-refractivity contribution in [2.24, 2.45) is 0 Å². The highest BCUT2D eigenvalue weighted by molar-refractivity contribution is 9.10. The molecule has 3 rings (SSSR count). The summed E-state index contributed by atoms with van der Waals surface area (Å²) in [5, 5.41) is 9.58. The molecule has 0 radical (unpaired) electrons. The summed E-state index contributed by atoms with van der Waals surface area (Å²) in [5.74, 6) is 0. The van der Waals surface area contributed by atoms with Crippen LogP contribution in [0.2, 0.25) is 0 Å². The number of pyridine rings is 1. The number of aromatic amines is 1. The van der Waals surface area contributed by atoms with Crippen molar-refractivity contribution < 1.29 is 5.11 Å². The Labute approximate surface area is 118 Å². The fourth-order valence-electron chi connectivity index (χ4n) is 2.64. The van der Waals surface area contributed by atoms with Gasteiger partial charge in [0.2, 0.25) is 0 Å². The number of fused-ring (bicyclic) bond motifs is 1. The molecule has 0 atom stereocenters. The van der Waals surface area contributed by atoms with Crippen LogP contribution in [0.15, 0.2) is 16.7 Å². The smallest absolute Gasteiger partial charge is 0.179 e. The van der Waals surface area contributed by atoms with Crippen LogP contribution in [0.25, 0.3) is 11.2 Å². The van der Waals surface area contributed by atoms with Gasteiger partial charge < -0.3 is 10.1 Å². The second-order valence-electron chi connectivity index (χ2n) is 4.79. The first-order chi connectivity index (χ1) is 8.65. The van der Waals surface area contributed by atoms with E-state index in [0.29, 0.717) is 6.04 Å². The fourth-order valence-corrected chi connectivity index (χ4v) is 3.32. The predicted molar refractivity (Wildman–Crippen MR) is 76.1 cm³/mol. The molecular weight excluding hydrogens is 314 g/mol. The molecule has 1 fully saturated rings. The van der Waals surface area contributed by atoms with Crippen LogP contribution < -0.4 is 0 Å². The standard InChI is InChI=1S/C12H14BrN3OS/c13-7-5-10-11(14-6-7)16(12(18)15-10)8-1-3-9(17)4-2-8/h5-6,8-9,17H,1-4H2,(H,15,18). The van der Waals surface area contributed by atoms with Crippen LogP contribution in [0.3, 0.4) is 0 Å². The Morgan fingerprint density at radius 1 is 1.39 bits per heavy atom. The van der Waals surface area contributed by atoms with E-state index < -0.39 is 0 Å². The van der Waals surface area contributed by atoms with Gasteiger partial charge in [-0.05, 0) is 59.9 Å². The van der Waals surface area contributed by atoms with Gasteiger partial charge in [0.15, 0.2) is 10.4 Å². The number of hydrogen-bond donors (Lipinski definition) is 2. The molecule has 0 aromatic carbocycles. The number of imidazole rings is 1. The van der Waals surface area contributed by atoms with Gasteiger partial charge in [0.05, 0.1) is 11.6 Å². The molecule has 4 nitrogen and oxygen atoms in total. The van der Waals surface area contributed by atoms with Crippen LogP contribution in [-0.4, -0.2) is 25.7 Å². The molecule has 2 N–H and O–H groups in total. The Morgan fingerprint density at radius 3 is 2.83 bits per heavy atom. The number of halogens is 1. The van der Waals surface area contributed by atoms with Crippen LogP contribution in [0.4, 0.5) is 0 Å². The maximum absolute atomic E-state index is 9.58. The third-order valence-electron chi connectivity index (χ3n) is 3.55. The molecule has 1 aliphatic rings. The Balaban J connectivity index is 2.06. The minimum atomic E-state index is -0.150. The summed E-state index contributed by atoms with van der Waals surface area (Å²) in [6.45, 7) is 0. The number of H-pyrrole nitrogens is 1. The minimum Gasteiger partial charge on any atom is -0.393 e. The summed E-state index contributed by atoms with van der Waals surface area (Å²) in [7, 11) is 0. The second-order valence-corrected chi connectivity index (χ2v) is 6.09. The number of aliphatic hydroxyl groups excluding tert-OH is 1. The highest BCUT2D eigenvalue weighted by atomic mass is 79.9. The zero-order valence-electron chi connectivity index (χ0n) is 9.77. The Bertz CT molecular complexity index is 628. The molecule has 2 heterocycles. The van der Waals surface area contributed by atoms with E-state index in [-0.39, 0.29) is 6.10 Å². The van der Waals surface area contributed by atoms with Crippen molar-refractivity contribution in [2.75, 3.05) is 0 Å². The lowest BCUT2D eigenvalue weighted by Crippen LogP contribution is -2.21. The van der Waals surface area contributed by atoms with Gasteiger partial charge in [-0.15, -0.1) is 0 Å². The van der Waals surface area contributed by atoms with Crippen LogP contribution in [0.5, 0.6) is 0 Å². The molecule has 0 amide bonds. The SMILES string of the molecule is OC1CCC(n2c(=S)[nH]c3cc(Br)cnc32)CC1. The molecule has 6 heteroatoms. The van der Waals surface area contributed by atoms with Crippen molar-refractivity contribution in [3.63, 3.8) is 0 Å². The van der Waals surface area contributed by atoms with Crippen molar-refractivity contribution in [3.05, 3.63) is 21.5 Å². The van der Waals surface area contributed by atoms with E-state index in [9.17, 15) is 5.11 Å². The number of aliphatic hydroxyl groups is 1. The molecular formula is C12H14BrN3OS. The summed E-state index contributed by atoms with van der Waals surface area (Å²) >= 11 is 8.81. The predicted octanol–water partition coefficient (Wildman–Crippen LogP) is 3.33. The van der Waals surface area contributed by atoms with E-state index in [4.69, 9.17) is 12.2 Å². The van der Waals surface area contributed by atoms with Gasteiger partial charge in [0.25, 0.3) is 0 Å². The first-order valence-electron chi connectivity index (χ1n) is 6.09. The van der Waals surface area contributed by atoms with E-state index in [1.165, 1.54) is 0 Å². The molecule has 0 spiro atoms. The van der Waals surface area contributed by atoms with Gasteiger partial charge >= 0.3 is 0 Å². The van der Waals surface area contributed by atoms with E-state index in [2.05, 4.69) is 30.5 Å². The lowest BCUT2D eigenvalue weighted by atomic mass is 9.93. The minimum absolute atomic E-state index is 0.150. The highest BCUT2D eigenvalue weighted by Crippen LogP contribution is 2.31. The van der Waals surface area contributed by atoms with Crippen molar-refractivity contribution in [1.29, 1.82) is 0 Å². The molecule has 1 aliphatic carbocycles. The number of nitrogens with one attached hydrogen (secondary N) is 1. The van der Waals surface area contributed by atoms with Crippen molar-refractivity contribution in [3.8, 4) is 0 Å². The molecule has 2 aromatic heterocycles. The van der Waals surface area contributed by atoms with E-state index >= 15 is 0 Å². The average molecular weight is 328 g/mol. The topological polar surface area (TPSA) is 53.8 Å². The summed E-state index contributed by atoms with van der Waals surface area (Å²) in [4.78, 5) is 7.65. The molecule has 1 saturated carbocycles. The van der Waals surface area contributed by atoms with Crippen molar-refractivity contribution in [2.45, 2.75) is 37.8 Å². The quantitative estimate of drug-likeness (QED) is 0.790. The van der Waals surface area contributed by atoms with E-state index in [1.807, 2.05) is 6.07 Å². The summed E-state index contributed by atoms with van der Waals surface area (Å²) in [6.07, 6.45) is 5.24. The molecule has 2 aromatic rings. The molecule has 0 unspecified atom stereocenters. The van der Waals surface area contributed by atoms with Gasteiger partial charge in [-0.1, -0.05) is 0 Å². The summed E-state index contributed by atoms with van der Waals surface area (Å²) in [5.41, 5.74) is 1.87. The zero-order chi connectivity index (χ0) is 12.7. The second kappa shape index (κ2) is 4.75.